The average Bonchev–Trinajstić information content (AvgIpc) is 3.05. The van der Waals surface area contributed by atoms with Gasteiger partial charge in [0.2, 0.25) is 5.89 Å². The van der Waals surface area contributed by atoms with Crippen molar-refractivity contribution in [2.24, 2.45) is 0 Å². The highest BCUT2D eigenvalue weighted by Crippen LogP contribution is 2.22. The zero-order chi connectivity index (χ0) is 14.8. The second-order valence-corrected chi connectivity index (χ2v) is 5.23. The van der Waals surface area contributed by atoms with Gasteiger partial charge in [-0.1, -0.05) is 23.7 Å². The smallest absolute Gasteiger partial charge is 0.251 e. The quantitative estimate of drug-likeness (QED) is 0.740. The number of aryl methyl sites for hydroxylation is 2. The third-order valence-corrected chi connectivity index (χ3v) is 3.45. The summed E-state index contributed by atoms with van der Waals surface area (Å²) in [5.41, 5.74) is 2.80. The van der Waals surface area contributed by atoms with Crippen LogP contribution in [0.2, 0.25) is 5.02 Å². The molecule has 5 nitrogen and oxygen atoms in total. The molecule has 0 aliphatic heterocycles. The van der Waals surface area contributed by atoms with Crippen molar-refractivity contribution in [2.45, 2.75) is 26.8 Å². The first-order chi connectivity index (χ1) is 10.2. The van der Waals surface area contributed by atoms with E-state index in [1.165, 1.54) is 0 Å². The summed E-state index contributed by atoms with van der Waals surface area (Å²) in [6.07, 6.45) is 2.49. The molecule has 0 saturated heterocycles. The summed E-state index contributed by atoms with van der Waals surface area (Å²) in [4.78, 5) is 0. The first-order valence-corrected chi connectivity index (χ1v) is 7.14. The first kappa shape index (κ1) is 13.8. The Bertz CT molecular complexity index is 763. The zero-order valence-electron chi connectivity index (χ0n) is 11.9. The molecule has 0 spiro atoms. The Labute approximate surface area is 127 Å². The van der Waals surface area contributed by atoms with Crippen molar-refractivity contribution >= 4 is 11.6 Å². The van der Waals surface area contributed by atoms with E-state index < -0.39 is 0 Å². The van der Waals surface area contributed by atoms with Crippen LogP contribution in [-0.4, -0.2) is 20.0 Å². The molecule has 0 aliphatic rings. The molecular weight excluding hydrogens is 288 g/mol. The Balaban J connectivity index is 1.84. The van der Waals surface area contributed by atoms with Gasteiger partial charge in [0.1, 0.15) is 0 Å². The number of hydrogen-bond acceptors (Lipinski definition) is 4. The molecule has 6 heteroatoms. The molecule has 0 saturated carbocycles. The van der Waals surface area contributed by atoms with Gasteiger partial charge in [0, 0.05) is 17.8 Å². The molecule has 3 aromatic rings. The van der Waals surface area contributed by atoms with E-state index in [9.17, 15) is 0 Å². The molecule has 0 radical (unpaired) electrons. The maximum Gasteiger partial charge on any atom is 0.251 e. The Morgan fingerprint density at radius 1 is 1.29 bits per heavy atom. The minimum Gasteiger partial charge on any atom is -0.420 e. The van der Waals surface area contributed by atoms with Gasteiger partial charge in [-0.15, -0.1) is 10.2 Å². The zero-order valence-corrected chi connectivity index (χ0v) is 12.6. The first-order valence-electron chi connectivity index (χ1n) is 6.77. The lowest BCUT2D eigenvalue weighted by Gasteiger charge is -1.97. The fourth-order valence-electron chi connectivity index (χ4n) is 2.15. The normalized spacial score (nSPS) is 11.0. The van der Waals surface area contributed by atoms with E-state index in [1.54, 1.807) is 0 Å². The molecule has 0 bridgehead atoms. The molecule has 2 aromatic heterocycles. The minimum atomic E-state index is 0.504. The van der Waals surface area contributed by atoms with Crippen LogP contribution in [0.5, 0.6) is 0 Å². The van der Waals surface area contributed by atoms with Crippen LogP contribution in [-0.2, 0) is 13.0 Å². The molecule has 21 heavy (non-hydrogen) atoms. The van der Waals surface area contributed by atoms with Gasteiger partial charge < -0.3 is 4.42 Å². The summed E-state index contributed by atoms with van der Waals surface area (Å²) in [6.45, 7) is 4.78. The van der Waals surface area contributed by atoms with E-state index in [2.05, 4.69) is 15.3 Å². The molecule has 0 fully saturated rings. The van der Waals surface area contributed by atoms with Gasteiger partial charge >= 0.3 is 0 Å². The molecule has 0 amide bonds. The van der Waals surface area contributed by atoms with Crippen LogP contribution < -0.4 is 0 Å². The fraction of sp³-hybridized carbons (Fsp3) is 0.267. The Kier molecular flexibility index (Phi) is 3.75. The number of aromatic nitrogens is 4. The van der Waals surface area contributed by atoms with Gasteiger partial charge in [0.15, 0.2) is 0 Å². The van der Waals surface area contributed by atoms with Gasteiger partial charge in [-0.25, -0.2) is 0 Å². The summed E-state index contributed by atoms with van der Waals surface area (Å²) >= 11 is 5.97. The summed E-state index contributed by atoms with van der Waals surface area (Å²) < 4.78 is 7.59. The number of hydrogen-bond donors (Lipinski definition) is 0. The lowest BCUT2D eigenvalue weighted by atomic mass is 10.1. The van der Waals surface area contributed by atoms with Crippen molar-refractivity contribution in [2.75, 3.05) is 0 Å². The standard InChI is InChI=1S/C15H15ClN4O/c1-3-20-9-13(10(2)19-20)15-18-17-14(21-15)8-11-5-4-6-12(16)7-11/h4-7,9H,3,8H2,1-2H3. The third-order valence-electron chi connectivity index (χ3n) is 3.21. The SMILES string of the molecule is CCn1cc(-c2nnc(Cc3cccc(Cl)c3)o2)c(C)n1. The average molecular weight is 303 g/mol. The van der Waals surface area contributed by atoms with Gasteiger partial charge in [-0.05, 0) is 31.5 Å². The van der Waals surface area contributed by atoms with E-state index in [0.29, 0.717) is 23.2 Å². The molecule has 0 atom stereocenters. The third kappa shape index (κ3) is 2.97. The number of halogens is 1. The van der Waals surface area contributed by atoms with E-state index in [0.717, 1.165) is 23.4 Å². The van der Waals surface area contributed by atoms with Crippen LogP contribution in [0, 0.1) is 6.92 Å². The second kappa shape index (κ2) is 5.69. The molecule has 3 rings (SSSR count). The van der Waals surface area contributed by atoms with Gasteiger partial charge in [0.25, 0.3) is 5.89 Å². The Morgan fingerprint density at radius 2 is 2.14 bits per heavy atom. The lowest BCUT2D eigenvalue weighted by Crippen LogP contribution is -1.93. The monoisotopic (exact) mass is 302 g/mol. The molecule has 108 valence electrons. The van der Waals surface area contributed by atoms with Crippen LogP contribution in [0.3, 0.4) is 0 Å². The van der Waals surface area contributed by atoms with Crippen molar-refractivity contribution in [3.63, 3.8) is 0 Å². The fourth-order valence-corrected chi connectivity index (χ4v) is 2.36. The summed E-state index contributed by atoms with van der Waals surface area (Å²) in [6, 6.07) is 7.62. The predicted octanol–water partition coefficient (Wildman–Crippen LogP) is 3.51. The Morgan fingerprint density at radius 3 is 2.86 bits per heavy atom. The van der Waals surface area contributed by atoms with Crippen molar-refractivity contribution in [1.29, 1.82) is 0 Å². The van der Waals surface area contributed by atoms with Crippen LogP contribution >= 0.6 is 11.6 Å². The van der Waals surface area contributed by atoms with Gasteiger partial charge in [0.05, 0.1) is 17.7 Å². The minimum absolute atomic E-state index is 0.504. The maximum absolute atomic E-state index is 5.97. The molecule has 0 aliphatic carbocycles. The highest BCUT2D eigenvalue weighted by atomic mass is 35.5. The highest BCUT2D eigenvalue weighted by molar-refractivity contribution is 6.30. The largest absolute Gasteiger partial charge is 0.420 e. The summed E-state index contributed by atoms with van der Waals surface area (Å²) in [5.74, 6) is 1.07. The summed E-state index contributed by atoms with van der Waals surface area (Å²) in [7, 11) is 0. The molecule has 0 N–H and O–H groups in total. The maximum atomic E-state index is 5.97. The highest BCUT2D eigenvalue weighted by Gasteiger charge is 2.14. The topological polar surface area (TPSA) is 56.7 Å². The summed E-state index contributed by atoms with van der Waals surface area (Å²) in [5, 5.41) is 13.3. The van der Waals surface area contributed by atoms with E-state index in [1.807, 2.05) is 49.0 Å². The van der Waals surface area contributed by atoms with Crippen molar-refractivity contribution in [3.8, 4) is 11.5 Å². The molecule has 2 heterocycles. The van der Waals surface area contributed by atoms with Gasteiger partial charge in [-0.2, -0.15) is 5.10 Å². The van der Waals surface area contributed by atoms with Gasteiger partial charge in [-0.3, -0.25) is 4.68 Å². The van der Waals surface area contributed by atoms with Crippen molar-refractivity contribution < 1.29 is 4.42 Å². The second-order valence-electron chi connectivity index (χ2n) is 4.79. The molecular formula is C15H15ClN4O. The van der Waals surface area contributed by atoms with Crippen molar-refractivity contribution in [1.82, 2.24) is 20.0 Å². The molecule has 1 aromatic carbocycles. The van der Waals surface area contributed by atoms with Crippen LogP contribution in [0.15, 0.2) is 34.9 Å². The number of nitrogens with zero attached hydrogens (tertiary/aromatic N) is 4. The number of benzene rings is 1. The predicted molar refractivity (Wildman–Crippen MR) is 80.2 cm³/mol. The number of rotatable bonds is 4. The van der Waals surface area contributed by atoms with Crippen LogP contribution in [0.4, 0.5) is 0 Å². The van der Waals surface area contributed by atoms with Crippen LogP contribution in [0.1, 0.15) is 24.1 Å². The lowest BCUT2D eigenvalue weighted by molar-refractivity contribution is 0.517. The van der Waals surface area contributed by atoms with E-state index in [4.69, 9.17) is 16.0 Å². The van der Waals surface area contributed by atoms with E-state index in [-0.39, 0.29) is 0 Å². The molecule has 0 unspecified atom stereocenters. The van der Waals surface area contributed by atoms with Crippen molar-refractivity contribution in [3.05, 3.63) is 52.6 Å². The Hall–Kier alpha value is -2.14. The van der Waals surface area contributed by atoms with Crippen LogP contribution in [0.25, 0.3) is 11.5 Å². The van der Waals surface area contributed by atoms with E-state index >= 15 is 0 Å².